The molecule has 0 fully saturated rings. The molecule has 4 N–H and O–H groups in total. The number of carboxylic acid groups (broad SMARTS) is 1. The fourth-order valence-electron chi connectivity index (χ4n) is 5.53. The summed E-state index contributed by atoms with van der Waals surface area (Å²) in [7, 11) is -4.71. The van der Waals surface area contributed by atoms with Crippen LogP contribution in [0.1, 0.15) is 187 Å². The molecule has 0 aliphatic carbocycles. The molecular formula is C39H74NO10P. The molecule has 11 nitrogen and oxygen atoms in total. The third-order valence-corrected chi connectivity index (χ3v) is 9.71. The molecule has 0 aliphatic heterocycles. The van der Waals surface area contributed by atoms with E-state index in [4.69, 9.17) is 24.8 Å². The molecule has 0 heterocycles. The second-order valence-corrected chi connectivity index (χ2v) is 15.2. The van der Waals surface area contributed by atoms with E-state index >= 15 is 0 Å². The highest BCUT2D eigenvalue weighted by Gasteiger charge is 2.28. The maximum atomic E-state index is 12.6. The van der Waals surface area contributed by atoms with Gasteiger partial charge in [0.1, 0.15) is 12.6 Å². The van der Waals surface area contributed by atoms with E-state index in [0.29, 0.717) is 12.8 Å². The van der Waals surface area contributed by atoms with Crippen LogP contribution in [0, 0.1) is 0 Å². The van der Waals surface area contributed by atoms with Crippen molar-refractivity contribution in [1.29, 1.82) is 0 Å². The van der Waals surface area contributed by atoms with Crippen LogP contribution in [0.5, 0.6) is 0 Å². The van der Waals surface area contributed by atoms with E-state index in [9.17, 15) is 23.8 Å². The summed E-state index contributed by atoms with van der Waals surface area (Å²) in [6.45, 7) is 2.78. The maximum absolute atomic E-state index is 12.6. The van der Waals surface area contributed by atoms with Crippen molar-refractivity contribution in [3.05, 3.63) is 12.2 Å². The summed E-state index contributed by atoms with van der Waals surface area (Å²) < 4.78 is 32.6. The largest absolute Gasteiger partial charge is 0.480 e. The van der Waals surface area contributed by atoms with Gasteiger partial charge in [0, 0.05) is 12.8 Å². The molecule has 0 bridgehead atoms. The minimum absolute atomic E-state index is 0.155. The molecule has 0 saturated carbocycles. The van der Waals surface area contributed by atoms with Crippen LogP contribution >= 0.6 is 7.82 Å². The topological polar surface area (TPSA) is 172 Å². The molecule has 12 heteroatoms. The van der Waals surface area contributed by atoms with Crippen molar-refractivity contribution in [2.24, 2.45) is 5.73 Å². The molecular weight excluding hydrogens is 673 g/mol. The quantitative estimate of drug-likeness (QED) is 0.0237. The Morgan fingerprint density at radius 1 is 0.588 bits per heavy atom. The number of carbonyl (C=O) groups excluding carboxylic acids is 2. The Morgan fingerprint density at radius 3 is 1.43 bits per heavy atom. The number of allylic oxidation sites excluding steroid dienone is 2. The summed E-state index contributed by atoms with van der Waals surface area (Å²) in [5.74, 6) is -2.38. The third kappa shape index (κ3) is 35.0. The van der Waals surface area contributed by atoms with Gasteiger partial charge in [-0.15, -0.1) is 0 Å². The first-order chi connectivity index (χ1) is 24.6. The fraction of sp³-hybridized carbons (Fsp3) is 0.872. The fourth-order valence-corrected chi connectivity index (χ4v) is 6.31. The minimum atomic E-state index is -4.71. The number of rotatable bonds is 38. The maximum Gasteiger partial charge on any atom is 0.472 e. The number of aliphatic carboxylic acids is 1. The molecule has 51 heavy (non-hydrogen) atoms. The standard InChI is InChI=1S/C39H74NO10P/c1-3-5-7-9-11-13-15-17-18-19-21-23-25-27-29-31-38(42)50-35(33-48-51(45,46)49-34-36(40)39(43)44)32-47-37(41)30-28-26-24-22-20-16-14-12-10-8-6-4-2/h17-18,35-36H,3-16,19-34,40H2,1-2H3,(H,43,44)(H,45,46)/b18-17-. The zero-order valence-electron chi connectivity index (χ0n) is 32.2. The Balaban J connectivity index is 4.41. The number of esters is 2. The molecule has 0 radical (unpaired) electrons. The van der Waals surface area contributed by atoms with E-state index in [1.165, 1.54) is 89.9 Å². The van der Waals surface area contributed by atoms with Gasteiger partial charge in [0.05, 0.1) is 13.2 Å². The number of hydrogen-bond acceptors (Lipinski definition) is 9. The molecule has 0 aromatic carbocycles. The first-order valence-corrected chi connectivity index (χ1v) is 21.7. The van der Waals surface area contributed by atoms with Crippen LogP contribution in [0.15, 0.2) is 12.2 Å². The molecule has 0 amide bonds. The number of unbranched alkanes of at least 4 members (excludes halogenated alkanes) is 22. The predicted octanol–water partition coefficient (Wildman–Crippen LogP) is 10.1. The van der Waals surface area contributed by atoms with Crippen molar-refractivity contribution < 1.29 is 47.5 Å². The molecule has 0 aliphatic rings. The van der Waals surface area contributed by atoms with Gasteiger partial charge < -0.3 is 25.2 Å². The number of hydrogen-bond donors (Lipinski definition) is 3. The van der Waals surface area contributed by atoms with Crippen LogP contribution in [0.2, 0.25) is 0 Å². The molecule has 0 spiro atoms. The Morgan fingerprint density at radius 2 is 0.980 bits per heavy atom. The van der Waals surface area contributed by atoms with Crippen molar-refractivity contribution >= 4 is 25.7 Å². The van der Waals surface area contributed by atoms with Crippen molar-refractivity contribution in [3.8, 4) is 0 Å². The van der Waals surface area contributed by atoms with E-state index in [1.807, 2.05) is 0 Å². The smallest absolute Gasteiger partial charge is 0.472 e. The lowest BCUT2D eigenvalue weighted by atomic mass is 10.0. The van der Waals surface area contributed by atoms with Crippen LogP contribution in [-0.2, 0) is 37.5 Å². The number of nitrogens with two attached hydrogens (primary N) is 1. The highest BCUT2D eigenvalue weighted by molar-refractivity contribution is 7.47. The van der Waals surface area contributed by atoms with Gasteiger partial charge in [-0.1, -0.05) is 148 Å². The highest BCUT2D eigenvalue weighted by atomic mass is 31.2. The van der Waals surface area contributed by atoms with E-state index in [-0.39, 0.29) is 19.4 Å². The SMILES string of the molecule is CCCCCCCC/C=C\CCCCCCCC(=O)OC(COC(=O)CCCCCCCCCCCCCC)COP(=O)(O)OCC(N)C(=O)O. The van der Waals surface area contributed by atoms with Gasteiger partial charge >= 0.3 is 25.7 Å². The Hall–Kier alpha value is -1.78. The predicted molar refractivity (Wildman–Crippen MR) is 203 cm³/mol. The van der Waals surface area contributed by atoms with Gasteiger partial charge in [0.2, 0.25) is 0 Å². The molecule has 3 atom stereocenters. The summed E-state index contributed by atoms with van der Waals surface area (Å²) in [6.07, 6.45) is 32.7. The van der Waals surface area contributed by atoms with Gasteiger partial charge in [-0.3, -0.25) is 23.4 Å². The Kier molecular flexibility index (Phi) is 34.0. The monoisotopic (exact) mass is 748 g/mol. The lowest BCUT2D eigenvalue weighted by molar-refractivity contribution is -0.161. The van der Waals surface area contributed by atoms with Crippen molar-refractivity contribution in [2.75, 3.05) is 19.8 Å². The number of phosphoric ester groups is 1. The third-order valence-electron chi connectivity index (χ3n) is 8.76. The van der Waals surface area contributed by atoms with Crippen LogP contribution in [0.4, 0.5) is 0 Å². The summed E-state index contributed by atoms with van der Waals surface area (Å²) in [5.41, 5.74) is 5.32. The number of phosphoric acid groups is 1. The lowest BCUT2D eigenvalue weighted by Gasteiger charge is -2.20. The first kappa shape index (κ1) is 49.2. The summed E-state index contributed by atoms with van der Waals surface area (Å²) in [6, 6.07) is -1.52. The van der Waals surface area contributed by atoms with Gasteiger partial charge in [-0.05, 0) is 38.5 Å². The Bertz CT molecular complexity index is 932. The van der Waals surface area contributed by atoms with Crippen molar-refractivity contribution in [2.45, 2.75) is 199 Å². The minimum Gasteiger partial charge on any atom is -0.480 e. The van der Waals surface area contributed by atoms with Gasteiger partial charge in [-0.2, -0.15) is 0 Å². The van der Waals surface area contributed by atoms with E-state index in [0.717, 1.165) is 57.8 Å². The summed E-state index contributed by atoms with van der Waals surface area (Å²) >= 11 is 0. The van der Waals surface area contributed by atoms with E-state index in [1.54, 1.807) is 0 Å². The van der Waals surface area contributed by atoms with Gasteiger partial charge in [0.15, 0.2) is 6.10 Å². The second-order valence-electron chi connectivity index (χ2n) is 13.8. The second kappa shape index (κ2) is 35.3. The van der Waals surface area contributed by atoms with E-state index in [2.05, 4.69) is 30.5 Å². The Labute approximate surface area is 309 Å². The van der Waals surface area contributed by atoms with Crippen molar-refractivity contribution in [3.63, 3.8) is 0 Å². The van der Waals surface area contributed by atoms with Gasteiger partial charge in [-0.25, -0.2) is 4.57 Å². The number of ether oxygens (including phenoxy) is 2. The average Bonchev–Trinajstić information content (AvgIpc) is 3.10. The molecule has 3 unspecified atom stereocenters. The summed E-state index contributed by atoms with van der Waals surface area (Å²) in [5, 5.41) is 8.86. The highest BCUT2D eigenvalue weighted by Crippen LogP contribution is 2.43. The molecule has 300 valence electrons. The molecule has 0 saturated heterocycles. The zero-order valence-corrected chi connectivity index (χ0v) is 33.1. The lowest BCUT2D eigenvalue weighted by Crippen LogP contribution is -2.34. The van der Waals surface area contributed by atoms with E-state index < -0.39 is 51.1 Å². The normalized spacial score (nSPS) is 14.0. The molecule has 0 aromatic rings. The van der Waals surface area contributed by atoms with Crippen LogP contribution < -0.4 is 5.73 Å². The summed E-state index contributed by atoms with van der Waals surface area (Å²) in [4.78, 5) is 45.8. The zero-order chi connectivity index (χ0) is 37.8. The number of carbonyl (C=O) groups is 3. The van der Waals surface area contributed by atoms with Crippen LogP contribution in [0.25, 0.3) is 0 Å². The van der Waals surface area contributed by atoms with Gasteiger partial charge in [0.25, 0.3) is 0 Å². The number of carboxylic acids is 1. The molecule has 0 rings (SSSR count). The average molecular weight is 748 g/mol. The van der Waals surface area contributed by atoms with Crippen molar-refractivity contribution in [1.82, 2.24) is 0 Å². The molecule has 0 aromatic heterocycles. The van der Waals surface area contributed by atoms with Crippen LogP contribution in [0.3, 0.4) is 0 Å². The van der Waals surface area contributed by atoms with Crippen LogP contribution in [-0.4, -0.2) is 59.9 Å². The first-order valence-electron chi connectivity index (χ1n) is 20.2.